The molecule has 1 aliphatic heterocycles. The molecule has 5 heteroatoms. The number of carbonyl (C=O) groups is 1. The molecule has 0 saturated carbocycles. The van der Waals surface area contributed by atoms with Gasteiger partial charge in [0.2, 0.25) is 6.79 Å². The first-order valence-electron chi connectivity index (χ1n) is 9.39. The molecule has 0 N–H and O–H groups in total. The van der Waals surface area contributed by atoms with Crippen molar-refractivity contribution in [2.24, 2.45) is 0 Å². The van der Waals surface area contributed by atoms with Crippen molar-refractivity contribution in [2.45, 2.75) is 19.8 Å². The predicted molar refractivity (Wildman–Crippen MR) is 108 cm³/mol. The summed E-state index contributed by atoms with van der Waals surface area (Å²) in [6.07, 6.45) is 6.89. The molecule has 1 aliphatic rings. The highest BCUT2D eigenvalue weighted by molar-refractivity contribution is 6.00. The lowest BCUT2D eigenvalue weighted by Gasteiger charge is -2.10. The van der Waals surface area contributed by atoms with Gasteiger partial charge in [0.25, 0.3) is 0 Å². The van der Waals surface area contributed by atoms with Gasteiger partial charge in [0.1, 0.15) is 0 Å². The lowest BCUT2D eigenvalue weighted by molar-refractivity contribution is -0.137. The van der Waals surface area contributed by atoms with E-state index in [9.17, 15) is 4.79 Å². The standard InChI is InChI=1S/C23H21NO4/c1-2-3-11-26-22(25)10-9-18-19-13-21-20(27-15-28-21)12-17(19)14-24-23(18)16-7-5-4-6-8-16/h4-10,12-14H,2-3,11,15H2,1H3/b10-9+. The van der Waals surface area contributed by atoms with Crippen molar-refractivity contribution in [1.82, 2.24) is 4.98 Å². The lowest BCUT2D eigenvalue weighted by atomic mass is 9.99. The van der Waals surface area contributed by atoms with E-state index in [0.29, 0.717) is 18.1 Å². The van der Waals surface area contributed by atoms with Gasteiger partial charge in [-0.25, -0.2) is 4.79 Å². The van der Waals surface area contributed by atoms with Crippen LogP contribution in [0.4, 0.5) is 0 Å². The Morgan fingerprint density at radius 1 is 1.18 bits per heavy atom. The van der Waals surface area contributed by atoms with Crippen molar-refractivity contribution >= 4 is 22.8 Å². The molecule has 2 aromatic carbocycles. The van der Waals surface area contributed by atoms with Crippen molar-refractivity contribution in [3.8, 4) is 22.8 Å². The summed E-state index contributed by atoms with van der Waals surface area (Å²) >= 11 is 0. The first-order valence-corrected chi connectivity index (χ1v) is 9.39. The summed E-state index contributed by atoms with van der Waals surface area (Å²) in [5.41, 5.74) is 2.61. The van der Waals surface area contributed by atoms with Crippen LogP contribution in [0.15, 0.2) is 54.7 Å². The number of nitrogens with zero attached hydrogens (tertiary/aromatic N) is 1. The fraction of sp³-hybridized carbons (Fsp3) is 0.217. The minimum Gasteiger partial charge on any atom is -0.463 e. The molecule has 0 amide bonds. The third-order valence-corrected chi connectivity index (χ3v) is 4.60. The van der Waals surface area contributed by atoms with Gasteiger partial charge in [-0.2, -0.15) is 0 Å². The number of fused-ring (bicyclic) bond motifs is 2. The smallest absolute Gasteiger partial charge is 0.330 e. The second-order valence-electron chi connectivity index (χ2n) is 6.53. The van der Waals surface area contributed by atoms with E-state index in [4.69, 9.17) is 14.2 Å². The average molecular weight is 375 g/mol. The first kappa shape index (κ1) is 18.0. The Morgan fingerprint density at radius 3 is 2.75 bits per heavy atom. The van der Waals surface area contributed by atoms with Crippen LogP contribution in [0.2, 0.25) is 0 Å². The Kier molecular flexibility index (Phi) is 5.24. The third kappa shape index (κ3) is 3.69. The zero-order valence-electron chi connectivity index (χ0n) is 15.7. The summed E-state index contributed by atoms with van der Waals surface area (Å²) in [7, 11) is 0. The van der Waals surface area contributed by atoms with Gasteiger partial charge in [-0.1, -0.05) is 43.7 Å². The quantitative estimate of drug-likeness (QED) is 0.345. The molecular formula is C23H21NO4. The maximum absolute atomic E-state index is 12.1. The molecule has 0 unspecified atom stereocenters. The number of ether oxygens (including phenoxy) is 3. The first-order chi connectivity index (χ1) is 13.8. The van der Waals surface area contributed by atoms with E-state index in [2.05, 4.69) is 11.9 Å². The Hall–Kier alpha value is -3.34. The summed E-state index contributed by atoms with van der Waals surface area (Å²) < 4.78 is 16.3. The van der Waals surface area contributed by atoms with Crippen LogP contribution in [0, 0.1) is 0 Å². The summed E-state index contributed by atoms with van der Waals surface area (Å²) in [6.45, 7) is 2.69. The minimum atomic E-state index is -0.356. The fourth-order valence-corrected chi connectivity index (χ4v) is 3.14. The Morgan fingerprint density at radius 2 is 1.96 bits per heavy atom. The number of esters is 1. The predicted octanol–water partition coefficient (Wildman–Crippen LogP) is 4.99. The van der Waals surface area contributed by atoms with Gasteiger partial charge >= 0.3 is 5.97 Å². The summed E-state index contributed by atoms with van der Waals surface area (Å²) in [6, 6.07) is 13.7. The third-order valence-electron chi connectivity index (χ3n) is 4.60. The van der Waals surface area contributed by atoms with Gasteiger partial charge < -0.3 is 14.2 Å². The monoisotopic (exact) mass is 375 g/mol. The van der Waals surface area contributed by atoms with Gasteiger partial charge in [-0.05, 0) is 30.0 Å². The molecule has 1 aromatic heterocycles. The molecular weight excluding hydrogens is 354 g/mol. The zero-order chi connectivity index (χ0) is 19.3. The van der Waals surface area contributed by atoms with Crippen LogP contribution >= 0.6 is 0 Å². The average Bonchev–Trinajstić information content (AvgIpc) is 3.18. The van der Waals surface area contributed by atoms with Crippen LogP contribution in [0.3, 0.4) is 0 Å². The Bertz CT molecular complexity index is 1030. The number of hydrogen-bond donors (Lipinski definition) is 0. The molecule has 0 fully saturated rings. The van der Waals surface area contributed by atoms with Crippen LogP contribution in [0.25, 0.3) is 28.1 Å². The van der Waals surface area contributed by atoms with Crippen molar-refractivity contribution in [1.29, 1.82) is 0 Å². The van der Waals surface area contributed by atoms with Crippen LogP contribution in [-0.2, 0) is 9.53 Å². The number of benzene rings is 2. The largest absolute Gasteiger partial charge is 0.463 e. The number of hydrogen-bond acceptors (Lipinski definition) is 5. The van der Waals surface area contributed by atoms with Crippen LogP contribution < -0.4 is 9.47 Å². The van der Waals surface area contributed by atoms with E-state index < -0.39 is 0 Å². The topological polar surface area (TPSA) is 57.7 Å². The number of rotatable bonds is 6. The summed E-state index contributed by atoms with van der Waals surface area (Å²) in [4.78, 5) is 16.7. The highest BCUT2D eigenvalue weighted by Crippen LogP contribution is 2.39. The van der Waals surface area contributed by atoms with Crippen LogP contribution in [0.5, 0.6) is 11.5 Å². The van der Waals surface area contributed by atoms with E-state index in [1.165, 1.54) is 6.08 Å². The van der Waals surface area contributed by atoms with Gasteiger partial charge in [0, 0.05) is 28.8 Å². The highest BCUT2D eigenvalue weighted by atomic mass is 16.7. The second-order valence-corrected chi connectivity index (χ2v) is 6.53. The summed E-state index contributed by atoms with van der Waals surface area (Å²) in [5.74, 6) is 1.04. The van der Waals surface area contributed by atoms with E-state index >= 15 is 0 Å². The lowest BCUT2D eigenvalue weighted by Crippen LogP contribution is -2.02. The molecule has 0 saturated heterocycles. The molecule has 28 heavy (non-hydrogen) atoms. The van der Waals surface area contributed by atoms with Crippen molar-refractivity contribution in [3.05, 3.63) is 60.3 Å². The van der Waals surface area contributed by atoms with Gasteiger partial charge in [0.05, 0.1) is 12.3 Å². The molecule has 0 aliphatic carbocycles. The van der Waals surface area contributed by atoms with Crippen LogP contribution in [-0.4, -0.2) is 24.4 Å². The van der Waals surface area contributed by atoms with E-state index in [0.717, 1.165) is 40.4 Å². The van der Waals surface area contributed by atoms with E-state index in [1.807, 2.05) is 48.7 Å². The number of unbranched alkanes of at least 4 members (excludes halogenated alkanes) is 1. The summed E-state index contributed by atoms with van der Waals surface area (Å²) in [5, 5.41) is 1.86. The van der Waals surface area contributed by atoms with E-state index in [-0.39, 0.29) is 12.8 Å². The van der Waals surface area contributed by atoms with Crippen molar-refractivity contribution in [3.63, 3.8) is 0 Å². The molecule has 4 rings (SSSR count). The molecule has 0 spiro atoms. The zero-order valence-corrected chi connectivity index (χ0v) is 15.7. The maximum Gasteiger partial charge on any atom is 0.330 e. The second kappa shape index (κ2) is 8.13. The number of pyridine rings is 1. The SMILES string of the molecule is CCCCOC(=O)/C=C/c1c(-c2ccccc2)ncc2cc3c(cc12)OCO3. The normalized spacial score (nSPS) is 12.6. The molecule has 3 aromatic rings. The maximum atomic E-state index is 12.1. The van der Waals surface area contributed by atoms with E-state index in [1.54, 1.807) is 6.08 Å². The molecule has 5 nitrogen and oxygen atoms in total. The Labute approximate surface area is 163 Å². The van der Waals surface area contributed by atoms with Gasteiger partial charge in [-0.3, -0.25) is 4.98 Å². The van der Waals surface area contributed by atoms with Gasteiger partial charge in [0.15, 0.2) is 11.5 Å². The number of carbonyl (C=O) groups excluding carboxylic acids is 1. The molecule has 0 atom stereocenters. The van der Waals surface area contributed by atoms with Crippen LogP contribution in [0.1, 0.15) is 25.3 Å². The molecule has 142 valence electrons. The number of aromatic nitrogens is 1. The minimum absolute atomic E-state index is 0.208. The Balaban J connectivity index is 1.79. The van der Waals surface area contributed by atoms with Gasteiger partial charge in [-0.15, -0.1) is 0 Å². The molecule has 0 bridgehead atoms. The fourth-order valence-electron chi connectivity index (χ4n) is 3.14. The van der Waals surface area contributed by atoms with Crippen molar-refractivity contribution < 1.29 is 19.0 Å². The van der Waals surface area contributed by atoms with Crippen molar-refractivity contribution in [2.75, 3.05) is 13.4 Å². The highest BCUT2D eigenvalue weighted by Gasteiger charge is 2.17. The molecule has 0 radical (unpaired) electrons. The molecule has 2 heterocycles.